The molecule has 2 N–H and O–H groups in total. The number of hydrogen-bond acceptors (Lipinski definition) is 5. The van der Waals surface area contributed by atoms with Crippen molar-refractivity contribution < 1.29 is 4.79 Å². The zero-order valence-corrected chi connectivity index (χ0v) is 10.9. The van der Waals surface area contributed by atoms with Crippen LogP contribution in [0.15, 0.2) is 6.20 Å². The second-order valence-corrected chi connectivity index (χ2v) is 4.42. The van der Waals surface area contributed by atoms with Crippen LogP contribution in [0.3, 0.4) is 0 Å². The predicted octanol–water partition coefficient (Wildman–Crippen LogP) is 0.290. The molecule has 98 valence electrons. The maximum Gasteiger partial charge on any atom is 0.221 e. The number of nitrogen functional groups attached to an aromatic ring is 1. The van der Waals surface area contributed by atoms with E-state index in [1.165, 1.54) is 0 Å². The predicted molar refractivity (Wildman–Crippen MR) is 70.3 cm³/mol. The van der Waals surface area contributed by atoms with Gasteiger partial charge in [-0.2, -0.15) is 4.98 Å². The van der Waals surface area contributed by atoms with Crippen molar-refractivity contribution in [3.63, 3.8) is 0 Å². The lowest BCUT2D eigenvalue weighted by atomic mass is 10.2. The Balaban J connectivity index is 2.14. The number of nitrogens with zero attached hydrogens (tertiary/aromatic N) is 4. The van der Waals surface area contributed by atoms with Crippen molar-refractivity contribution in [2.75, 3.05) is 36.8 Å². The van der Waals surface area contributed by atoms with E-state index < -0.39 is 0 Å². The lowest BCUT2D eigenvalue weighted by molar-refractivity contribution is -0.129. The van der Waals surface area contributed by atoms with Gasteiger partial charge in [0.1, 0.15) is 5.82 Å². The third-order valence-electron chi connectivity index (χ3n) is 3.27. The summed E-state index contributed by atoms with van der Waals surface area (Å²) >= 11 is 0. The smallest absolute Gasteiger partial charge is 0.221 e. The van der Waals surface area contributed by atoms with Crippen LogP contribution in [0.1, 0.15) is 19.4 Å². The zero-order valence-electron chi connectivity index (χ0n) is 10.9. The molecule has 0 radical (unpaired) electrons. The molecule has 2 rings (SSSR count). The number of amides is 1. The number of hydrogen-bond donors (Lipinski definition) is 1. The van der Waals surface area contributed by atoms with Gasteiger partial charge in [0.25, 0.3) is 0 Å². The highest BCUT2D eigenvalue weighted by Crippen LogP contribution is 2.20. The molecule has 1 aliphatic rings. The summed E-state index contributed by atoms with van der Waals surface area (Å²) in [6.45, 7) is 6.75. The third kappa shape index (κ3) is 2.52. The maximum atomic E-state index is 11.3. The molecule has 0 atom stereocenters. The number of piperazine rings is 1. The first-order chi connectivity index (χ1) is 8.61. The Kier molecular flexibility index (Phi) is 3.64. The van der Waals surface area contributed by atoms with Gasteiger partial charge in [0.2, 0.25) is 11.9 Å². The highest BCUT2D eigenvalue weighted by molar-refractivity contribution is 5.73. The minimum Gasteiger partial charge on any atom is -0.368 e. The van der Waals surface area contributed by atoms with E-state index in [1.807, 2.05) is 4.90 Å². The van der Waals surface area contributed by atoms with E-state index in [1.54, 1.807) is 13.1 Å². The molecular formula is C12H19N5O. The SMILES string of the molecule is CCc1cnc(N)nc1N1CCN(C(C)=O)CC1. The van der Waals surface area contributed by atoms with Crippen molar-refractivity contribution in [2.24, 2.45) is 0 Å². The molecular weight excluding hydrogens is 230 g/mol. The van der Waals surface area contributed by atoms with Crippen LogP contribution in [0.4, 0.5) is 11.8 Å². The quantitative estimate of drug-likeness (QED) is 0.815. The molecule has 0 unspecified atom stereocenters. The first kappa shape index (κ1) is 12.6. The summed E-state index contributed by atoms with van der Waals surface area (Å²) in [4.78, 5) is 23.7. The van der Waals surface area contributed by atoms with Gasteiger partial charge in [0.05, 0.1) is 0 Å². The Hall–Kier alpha value is -1.85. The van der Waals surface area contributed by atoms with Crippen LogP contribution in [0, 0.1) is 0 Å². The first-order valence-corrected chi connectivity index (χ1v) is 6.23. The first-order valence-electron chi connectivity index (χ1n) is 6.23. The Morgan fingerprint density at radius 3 is 2.61 bits per heavy atom. The van der Waals surface area contributed by atoms with Gasteiger partial charge in [0, 0.05) is 44.9 Å². The van der Waals surface area contributed by atoms with Crippen molar-refractivity contribution in [3.8, 4) is 0 Å². The molecule has 1 fully saturated rings. The Bertz CT molecular complexity index is 440. The molecule has 6 heteroatoms. The van der Waals surface area contributed by atoms with Gasteiger partial charge in [-0.05, 0) is 6.42 Å². The second kappa shape index (κ2) is 5.20. The molecule has 6 nitrogen and oxygen atoms in total. The molecule has 2 heterocycles. The van der Waals surface area contributed by atoms with E-state index in [0.29, 0.717) is 5.95 Å². The highest BCUT2D eigenvalue weighted by atomic mass is 16.2. The number of anilines is 2. The molecule has 1 aromatic heterocycles. The van der Waals surface area contributed by atoms with Crippen LogP contribution in [0.5, 0.6) is 0 Å². The van der Waals surface area contributed by atoms with Crippen molar-refractivity contribution in [3.05, 3.63) is 11.8 Å². The molecule has 1 aromatic rings. The van der Waals surface area contributed by atoms with Crippen LogP contribution in [-0.4, -0.2) is 47.0 Å². The summed E-state index contributed by atoms with van der Waals surface area (Å²) in [6.07, 6.45) is 2.66. The molecule has 1 aliphatic heterocycles. The van der Waals surface area contributed by atoms with E-state index in [9.17, 15) is 4.79 Å². The van der Waals surface area contributed by atoms with Crippen molar-refractivity contribution in [1.82, 2.24) is 14.9 Å². The fourth-order valence-electron chi connectivity index (χ4n) is 2.17. The molecule has 0 aromatic carbocycles. The lowest BCUT2D eigenvalue weighted by Crippen LogP contribution is -2.48. The van der Waals surface area contributed by atoms with E-state index >= 15 is 0 Å². The average Bonchev–Trinajstić information content (AvgIpc) is 2.39. The number of aryl methyl sites for hydroxylation is 1. The number of rotatable bonds is 2. The molecule has 0 bridgehead atoms. The minimum atomic E-state index is 0.132. The Morgan fingerprint density at radius 2 is 2.06 bits per heavy atom. The summed E-state index contributed by atoms with van der Waals surface area (Å²) < 4.78 is 0. The number of carbonyl (C=O) groups excluding carboxylic acids is 1. The standard InChI is InChI=1S/C12H19N5O/c1-3-10-8-14-12(13)15-11(10)17-6-4-16(5-7-17)9(2)18/h8H,3-7H2,1-2H3,(H2,13,14,15). The van der Waals surface area contributed by atoms with Gasteiger partial charge in [-0.15, -0.1) is 0 Å². The van der Waals surface area contributed by atoms with Crippen LogP contribution in [0.2, 0.25) is 0 Å². The third-order valence-corrected chi connectivity index (χ3v) is 3.27. The van der Waals surface area contributed by atoms with Crippen LogP contribution in [0.25, 0.3) is 0 Å². The molecule has 0 aliphatic carbocycles. The molecule has 0 spiro atoms. The minimum absolute atomic E-state index is 0.132. The van der Waals surface area contributed by atoms with Gasteiger partial charge in [-0.1, -0.05) is 6.92 Å². The van der Waals surface area contributed by atoms with Crippen LogP contribution >= 0.6 is 0 Å². The van der Waals surface area contributed by atoms with Gasteiger partial charge in [0.15, 0.2) is 0 Å². The van der Waals surface area contributed by atoms with Crippen molar-refractivity contribution in [1.29, 1.82) is 0 Å². The number of nitrogens with two attached hydrogens (primary N) is 1. The summed E-state index contributed by atoms with van der Waals surface area (Å²) in [5.41, 5.74) is 6.75. The zero-order chi connectivity index (χ0) is 13.1. The Labute approximate surface area is 107 Å². The van der Waals surface area contributed by atoms with E-state index in [-0.39, 0.29) is 5.91 Å². The van der Waals surface area contributed by atoms with Gasteiger partial charge >= 0.3 is 0 Å². The van der Waals surface area contributed by atoms with Gasteiger partial charge < -0.3 is 15.5 Å². The average molecular weight is 249 g/mol. The maximum absolute atomic E-state index is 11.3. The molecule has 1 saturated heterocycles. The van der Waals surface area contributed by atoms with Crippen molar-refractivity contribution in [2.45, 2.75) is 20.3 Å². The van der Waals surface area contributed by atoms with Crippen LogP contribution in [-0.2, 0) is 11.2 Å². The summed E-state index contributed by atoms with van der Waals surface area (Å²) in [5, 5.41) is 0. The summed E-state index contributed by atoms with van der Waals surface area (Å²) in [5.74, 6) is 1.34. The van der Waals surface area contributed by atoms with Crippen molar-refractivity contribution >= 4 is 17.7 Å². The van der Waals surface area contributed by atoms with E-state index in [2.05, 4.69) is 21.8 Å². The van der Waals surface area contributed by atoms with E-state index in [0.717, 1.165) is 44.0 Å². The fraction of sp³-hybridized carbons (Fsp3) is 0.583. The number of aromatic nitrogens is 2. The fourth-order valence-corrected chi connectivity index (χ4v) is 2.17. The molecule has 1 amide bonds. The normalized spacial score (nSPS) is 15.9. The second-order valence-electron chi connectivity index (χ2n) is 4.42. The van der Waals surface area contributed by atoms with Crippen LogP contribution < -0.4 is 10.6 Å². The lowest BCUT2D eigenvalue weighted by Gasteiger charge is -2.35. The van der Waals surface area contributed by atoms with E-state index in [4.69, 9.17) is 5.73 Å². The van der Waals surface area contributed by atoms with Gasteiger partial charge in [-0.25, -0.2) is 4.98 Å². The number of carbonyl (C=O) groups is 1. The molecule has 0 saturated carbocycles. The monoisotopic (exact) mass is 249 g/mol. The summed E-state index contributed by atoms with van der Waals surface area (Å²) in [7, 11) is 0. The largest absolute Gasteiger partial charge is 0.368 e. The topological polar surface area (TPSA) is 75.3 Å². The summed E-state index contributed by atoms with van der Waals surface area (Å²) in [6, 6.07) is 0. The highest BCUT2D eigenvalue weighted by Gasteiger charge is 2.21. The Morgan fingerprint density at radius 1 is 1.39 bits per heavy atom. The van der Waals surface area contributed by atoms with Gasteiger partial charge in [-0.3, -0.25) is 4.79 Å². The molecule has 18 heavy (non-hydrogen) atoms.